The molecule has 0 bridgehead atoms. The molecule has 0 saturated carbocycles. The van der Waals surface area contributed by atoms with E-state index in [9.17, 15) is 31.1 Å². The summed E-state index contributed by atoms with van der Waals surface area (Å²) in [5.74, 6) is -3.30. The first kappa shape index (κ1) is 18.2. The van der Waals surface area contributed by atoms with Gasteiger partial charge in [-0.05, 0) is 6.07 Å². The van der Waals surface area contributed by atoms with Crippen LogP contribution >= 0.6 is 0 Å². The van der Waals surface area contributed by atoms with E-state index in [1.54, 1.807) is 0 Å². The van der Waals surface area contributed by atoms with Crippen molar-refractivity contribution in [1.82, 2.24) is 0 Å². The molecule has 142 valence electrons. The molecule has 0 amide bonds. The Morgan fingerprint density at radius 2 is 1.62 bits per heavy atom. The molecule has 3 rings (SSSR count). The van der Waals surface area contributed by atoms with Crippen LogP contribution in [-0.4, -0.2) is 38.0 Å². The molecule has 0 atom stereocenters. The number of alkyl halides is 6. The molecule has 1 aromatic carbocycles. The highest BCUT2D eigenvalue weighted by atomic mass is 19.4. The molecule has 0 unspecified atom stereocenters. The van der Waals surface area contributed by atoms with E-state index in [-0.39, 0.29) is 16.7 Å². The van der Waals surface area contributed by atoms with E-state index in [0.29, 0.717) is 0 Å². The SMILES string of the molecule is COc1c2c(c(OC)c3occc13)OC(C(F)(F)F)(C(F)(F)F)CC2=O. The van der Waals surface area contributed by atoms with Crippen molar-refractivity contribution in [2.75, 3.05) is 14.2 Å². The van der Waals surface area contributed by atoms with Crippen molar-refractivity contribution in [3.8, 4) is 17.2 Å². The Hall–Kier alpha value is -2.59. The highest BCUT2D eigenvalue weighted by Crippen LogP contribution is 2.57. The maximum absolute atomic E-state index is 13.3. The largest absolute Gasteiger partial charge is 0.495 e. The topological polar surface area (TPSA) is 57.9 Å². The second kappa shape index (κ2) is 5.45. The van der Waals surface area contributed by atoms with Crippen molar-refractivity contribution < 1.29 is 49.8 Å². The number of ether oxygens (including phenoxy) is 3. The molecule has 1 aliphatic rings. The van der Waals surface area contributed by atoms with E-state index in [4.69, 9.17) is 13.9 Å². The van der Waals surface area contributed by atoms with Crippen molar-refractivity contribution in [3.05, 3.63) is 17.9 Å². The van der Waals surface area contributed by atoms with E-state index in [1.165, 1.54) is 6.07 Å². The van der Waals surface area contributed by atoms with E-state index in [1.807, 2.05) is 0 Å². The number of benzene rings is 1. The maximum atomic E-state index is 13.3. The van der Waals surface area contributed by atoms with Gasteiger partial charge in [-0.15, -0.1) is 0 Å². The Bertz CT molecular complexity index is 865. The Balaban J connectivity index is 2.39. The van der Waals surface area contributed by atoms with Crippen molar-refractivity contribution in [1.29, 1.82) is 0 Å². The lowest BCUT2D eigenvalue weighted by atomic mass is 9.87. The zero-order valence-electron chi connectivity index (χ0n) is 13.2. The van der Waals surface area contributed by atoms with Crippen LogP contribution in [0.3, 0.4) is 0 Å². The second-order valence-corrected chi connectivity index (χ2v) is 5.46. The Morgan fingerprint density at radius 1 is 1.04 bits per heavy atom. The van der Waals surface area contributed by atoms with Crippen LogP contribution in [-0.2, 0) is 0 Å². The lowest BCUT2D eigenvalue weighted by molar-refractivity contribution is -0.356. The number of halogens is 6. The smallest absolute Gasteiger partial charge is 0.437 e. The molecule has 1 aliphatic heterocycles. The lowest BCUT2D eigenvalue weighted by Gasteiger charge is -2.40. The average Bonchev–Trinajstić information content (AvgIpc) is 2.99. The Kier molecular flexibility index (Phi) is 3.82. The van der Waals surface area contributed by atoms with E-state index in [0.717, 1.165) is 20.5 Å². The van der Waals surface area contributed by atoms with Crippen molar-refractivity contribution in [2.45, 2.75) is 24.4 Å². The van der Waals surface area contributed by atoms with Crippen LogP contribution in [0.4, 0.5) is 26.3 Å². The zero-order valence-corrected chi connectivity index (χ0v) is 13.2. The Morgan fingerprint density at radius 3 is 2.12 bits per heavy atom. The van der Waals surface area contributed by atoms with Crippen LogP contribution < -0.4 is 14.2 Å². The van der Waals surface area contributed by atoms with Gasteiger partial charge in [-0.1, -0.05) is 0 Å². The number of hydrogen-bond donors (Lipinski definition) is 0. The molecule has 11 heteroatoms. The molecule has 5 nitrogen and oxygen atoms in total. The van der Waals surface area contributed by atoms with Gasteiger partial charge in [-0.2, -0.15) is 26.3 Å². The van der Waals surface area contributed by atoms with E-state index >= 15 is 0 Å². The van der Waals surface area contributed by atoms with Crippen LogP contribution in [0.25, 0.3) is 11.0 Å². The summed E-state index contributed by atoms with van der Waals surface area (Å²) < 4.78 is 99.4. The first-order chi connectivity index (χ1) is 12.0. The quantitative estimate of drug-likeness (QED) is 0.724. The molecule has 26 heavy (non-hydrogen) atoms. The predicted molar refractivity (Wildman–Crippen MR) is 73.7 cm³/mol. The average molecular weight is 384 g/mol. The molecule has 0 aliphatic carbocycles. The number of Topliss-reactive ketones (excluding diaryl/α,β-unsaturated/α-hetero) is 1. The summed E-state index contributed by atoms with van der Waals surface area (Å²) in [6.45, 7) is 0. The van der Waals surface area contributed by atoms with Gasteiger partial charge < -0.3 is 18.6 Å². The second-order valence-electron chi connectivity index (χ2n) is 5.46. The van der Waals surface area contributed by atoms with Gasteiger partial charge >= 0.3 is 18.0 Å². The normalized spacial score (nSPS) is 17.0. The minimum Gasteiger partial charge on any atom is -0.495 e. The minimum absolute atomic E-state index is 0.145. The number of furan rings is 1. The predicted octanol–water partition coefficient (Wildman–Crippen LogP) is 4.28. The number of carbonyl (C=O) groups is 1. The zero-order chi connectivity index (χ0) is 19.5. The van der Waals surface area contributed by atoms with E-state index < -0.39 is 47.2 Å². The fourth-order valence-corrected chi connectivity index (χ4v) is 2.87. The van der Waals surface area contributed by atoms with Gasteiger partial charge in [0.1, 0.15) is 11.3 Å². The van der Waals surface area contributed by atoms with Crippen molar-refractivity contribution >= 4 is 16.8 Å². The minimum atomic E-state index is -5.91. The van der Waals surface area contributed by atoms with Crippen molar-refractivity contribution in [3.63, 3.8) is 0 Å². The number of rotatable bonds is 2. The molecule has 0 saturated heterocycles. The molecule has 0 N–H and O–H groups in total. The van der Waals surface area contributed by atoms with Crippen LogP contribution in [0.15, 0.2) is 16.7 Å². The molecule has 2 heterocycles. The molecule has 2 aromatic rings. The van der Waals surface area contributed by atoms with Gasteiger partial charge in [-0.25, -0.2) is 0 Å². The fraction of sp³-hybridized carbons (Fsp3) is 0.400. The monoisotopic (exact) mass is 384 g/mol. The van der Waals surface area contributed by atoms with Gasteiger partial charge in [0.15, 0.2) is 17.1 Å². The molecule has 1 aromatic heterocycles. The van der Waals surface area contributed by atoms with E-state index in [2.05, 4.69) is 4.74 Å². The summed E-state index contributed by atoms with van der Waals surface area (Å²) in [6.07, 6.45) is -12.7. The van der Waals surface area contributed by atoms with Crippen molar-refractivity contribution in [2.24, 2.45) is 0 Å². The standard InChI is InChI=1S/C15H10F6O5/c1-23-9-6-3-4-25-10(6)12(24-2)11-8(9)7(22)5-13(26-11,14(16,17)18)15(19,20)21/h3-4H,5H2,1-2H3. The lowest BCUT2D eigenvalue weighted by Crippen LogP contribution is -2.63. The summed E-state index contributed by atoms with van der Waals surface area (Å²) in [5, 5.41) is 0.145. The molecule has 0 fully saturated rings. The third kappa shape index (κ3) is 2.22. The van der Waals surface area contributed by atoms with Crippen LogP contribution in [0.2, 0.25) is 0 Å². The summed E-state index contributed by atoms with van der Waals surface area (Å²) in [7, 11) is 2.10. The van der Waals surface area contributed by atoms with Crippen LogP contribution in [0, 0.1) is 0 Å². The molecular weight excluding hydrogens is 374 g/mol. The third-order valence-electron chi connectivity index (χ3n) is 4.07. The Labute approximate surface area is 141 Å². The van der Waals surface area contributed by atoms with Crippen LogP contribution in [0.5, 0.6) is 17.2 Å². The fourth-order valence-electron chi connectivity index (χ4n) is 2.87. The highest BCUT2D eigenvalue weighted by Gasteiger charge is 2.76. The first-order valence-electron chi connectivity index (χ1n) is 6.99. The first-order valence-corrected chi connectivity index (χ1v) is 6.99. The van der Waals surface area contributed by atoms with Crippen LogP contribution in [0.1, 0.15) is 16.8 Å². The molecule has 0 radical (unpaired) electrons. The third-order valence-corrected chi connectivity index (χ3v) is 4.07. The molecular formula is C15H10F6O5. The number of methoxy groups -OCH3 is 2. The van der Waals surface area contributed by atoms with Gasteiger partial charge in [0.25, 0.3) is 0 Å². The summed E-state index contributed by atoms with van der Waals surface area (Å²) in [6, 6.07) is 1.33. The molecule has 0 spiro atoms. The van der Waals surface area contributed by atoms with Gasteiger partial charge in [-0.3, -0.25) is 4.79 Å². The maximum Gasteiger partial charge on any atom is 0.437 e. The summed E-state index contributed by atoms with van der Waals surface area (Å²) >= 11 is 0. The summed E-state index contributed by atoms with van der Waals surface area (Å²) in [4.78, 5) is 12.4. The highest BCUT2D eigenvalue weighted by molar-refractivity contribution is 6.10. The van der Waals surface area contributed by atoms with Gasteiger partial charge in [0.2, 0.25) is 5.75 Å². The van der Waals surface area contributed by atoms with Gasteiger partial charge in [0, 0.05) is 0 Å². The number of carbonyl (C=O) groups excluding carboxylic acids is 1. The van der Waals surface area contributed by atoms with Gasteiger partial charge in [0.05, 0.1) is 32.3 Å². The number of ketones is 1. The number of hydrogen-bond acceptors (Lipinski definition) is 5. The summed E-state index contributed by atoms with van der Waals surface area (Å²) in [5.41, 5.74) is -5.48. The number of fused-ring (bicyclic) bond motifs is 2.